The number of nitrogens with one attached hydrogen (secondary N) is 1. The fraction of sp³-hybridized carbons (Fsp3) is 0.0400. The minimum atomic E-state index is -0.243. The highest BCUT2D eigenvalue weighted by atomic mass is 32.2. The number of aryl methyl sites for hydroxylation is 1. The van der Waals surface area contributed by atoms with Crippen molar-refractivity contribution in [1.82, 2.24) is 19.7 Å². The largest absolute Gasteiger partial charge is 0.326 e. The van der Waals surface area contributed by atoms with E-state index in [-0.39, 0.29) is 5.24 Å². The van der Waals surface area contributed by atoms with Gasteiger partial charge in [0.1, 0.15) is 5.69 Å². The summed E-state index contributed by atoms with van der Waals surface area (Å²) < 4.78 is 4.44. The van der Waals surface area contributed by atoms with Gasteiger partial charge >= 0.3 is 5.24 Å². The van der Waals surface area contributed by atoms with Crippen molar-refractivity contribution in [3.05, 3.63) is 97.0 Å². The van der Waals surface area contributed by atoms with E-state index in [2.05, 4.69) is 19.8 Å². The van der Waals surface area contributed by atoms with Crippen LogP contribution in [-0.4, -0.2) is 25.0 Å². The molecule has 5 rings (SSSR count). The summed E-state index contributed by atoms with van der Waals surface area (Å²) in [6.45, 7) is 1.94. The monoisotopic (exact) mass is 437 g/mol. The molecule has 0 radical (unpaired) electrons. The van der Waals surface area contributed by atoms with Gasteiger partial charge in [0.25, 0.3) is 0 Å². The van der Waals surface area contributed by atoms with Gasteiger partial charge in [-0.3, -0.25) is 14.8 Å². The lowest BCUT2D eigenvalue weighted by molar-refractivity contribution is 0.260. The molecule has 1 N–H and O–H groups in total. The van der Waals surface area contributed by atoms with Crippen LogP contribution >= 0.6 is 11.9 Å². The topological polar surface area (TPSA) is 72.7 Å². The second kappa shape index (κ2) is 8.64. The summed E-state index contributed by atoms with van der Waals surface area (Å²) in [5.41, 5.74) is 5.76. The van der Waals surface area contributed by atoms with E-state index >= 15 is 0 Å². The van der Waals surface area contributed by atoms with Gasteiger partial charge in [0.15, 0.2) is 0 Å². The van der Waals surface area contributed by atoms with Gasteiger partial charge in [0.05, 0.1) is 23.2 Å². The van der Waals surface area contributed by atoms with Gasteiger partial charge in [0.2, 0.25) is 0 Å². The third-order valence-electron chi connectivity index (χ3n) is 5.00. The number of benzene rings is 2. The second-order valence-corrected chi connectivity index (χ2v) is 7.97. The number of carbonyl (C=O) groups excluding carboxylic acids is 1. The molecule has 5 aromatic rings. The van der Waals surface area contributed by atoms with Gasteiger partial charge in [-0.15, -0.1) is 0 Å². The van der Waals surface area contributed by atoms with E-state index in [4.69, 9.17) is 0 Å². The van der Waals surface area contributed by atoms with Crippen molar-refractivity contribution in [2.24, 2.45) is 0 Å². The van der Waals surface area contributed by atoms with Gasteiger partial charge in [-0.25, -0.2) is 0 Å². The first-order chi connectivity index (χ1) is 15.7. The Bertz CT molecular complexity index is 1410. The zero-order chi connectivity index (χ0) is 21.9. The molecule has 0 aliphatic rings. The number of rotatable bonds is 4. The minimum absolute atomic E-state index is 0.243. The maximum absolute atomic E-state index is 12.9. The predicted molar refractivity (Wildman–Crippen MR) is 129 cm³/mol. The first-order valence-corrected chi connectivity index (χ1v) is 10.9. The molecular formula is C25H19N5OS. The van der Waals surface area contributed by atoms with Crippen LogP contribution in [0.5, 0.6) is 0 Å². The summed E-state index contributed by atoms with van der Waals surface area (Å²) >= 11 is 0.981. The molecule has 0 aliphatic heterocycles. The average Bonchev–Trinajstić information content (AvgIpc) is 3.28. The molecule has 0 unspecified atom stereocenters. The Morgan fingerprint density at radius 3 is 2.56 bits per heavy atom. The quantitative estimate of drug-likeness (QED) is 0.338. The van der Waals surface area contributed by atoms with Crippen molar-refractivity contribution >= 4 is 33.8 Å². The van der Waals surface area contributed by atoms with Crippen LogP contribution < -0.4 is 4.72 Å². The number of fused-ring (bicyclic) bond motifs is 1. The first-order valence-electron chi connectivity index (χ1n) is 10.1. The lowest BCUT2D eigenvalue weighted by atomic mass is 10.0. The van der Waals surface area contributed by atoms with Gasteiger partial charge < -0.3 is 4.72 Å². The van der Waals surface area contributed by atoms with E-state index in [0.717, 1.165) is 45.4 Å². The molecule has 0 fully saturated rings. The van der Waals surface area contributed by atoms with Crippen LogP contribution in [-0.2, 0) is 0 Å². The molecule has 156 valence electrons. The van der Waals surface area contributed by atoms with E-state index in [1.54, 1.807) is 12.4 Å². The van der Waals surface area contributed by atoms with Crippen LogP contribution in [0, 0.1) is 6.92 Å². The molecule has 32 heavy (non-hydrogen) atoms. The van der Waals surface area contributed by atoms with E-state index in [0.29, 0.717) is 11.4 Å². The van der Waals surface area contributed by atoms with Crippen molar-refractivity contribution < 1.29 is 4.79 Å². The molecule has 0 bridgehead atoms. The molecule has 2 aromatic carbocycles. The van der Waals surface area contributed by atoms with E-state index in [1.165, 1.54) is 4.68 Å². The molecule has 0 saturated heterocycles. The Kier molecular flexibility index (Phi) is 5.39. The third kappa shape index (κ3) is 3.98. The van der Waals surface area contributed by atoms with E-state index in [9.17, 15) is 4.79 Å². The number of hydrogen-bond donors (Lipinski definition) is 1. The smallest absolute Gasteiger partial charge is 0.322 e. The summed E-state index contributed by atoms with van der Waals surface area (Å²) in [5, 5.41) is 5.39. The fourth-order valence-corrected chi connectivity index (χ4v) is 4.04. The van der Waals surface area contributed by atoms with E-state index in [1.807, 2.05) is 85.8 Å². The Labute approximate surface area is 189 Å². The van der Waals surface area contributed by atoms with Crippen LogP contribution in [0.1, 0.15) is 5.69 Å². The van der Waals surface area contributed by atoms with Gasteiger partial charge in [-0.05, 0) is 48.9 Å². The van der Waals surface area contributed by atoms with Crippen molar-refractivity contribution in [2.75, 3.05) is 4.72 Å². The molecule has 0 atom stereocenters. The Balaban J connectivity index is 1.59. The highest BCUT2D eigenvalue weighted by Gasteiger charge is 2.19. The summed E-state index contributed by atoms with van der Waals surface area (Å²) in [6.07, 6.45) is 3.54. The Hall–Kier alpha value is -3.97. The number of aromatic nitrogens is 4. The maximum Gasteiger partial charge on any atom is 0.326 e. The van der Waals surface area contributed by atoms with Gasteiger partial charge in [-0.2, -0.15) is 9.78 Å². The number of carbonyl (C=O) groups is 1. The average molecular weight is 438 g/mol. The SMILES string of the molecule is Cc1cccc(-c2nn(C(=O)SNc3ccccc3)cc2-c2ccnc3ccccc23)n1. The first kappa shape index (κ1) is 20.0. The minimum Gasteiger partial charge on any atom is -0.322 e. The summed E-state index contributed by atoms with van der Waals surface area (Å²) in [7, 11) is 0. The highest BCUT2D eigenvalue weighted by molar-refractivity contribution is 8.14. The maximum atomic E-state index is 12.9. The molecule has 0 amide bonds. The van der Waals surface area contributed by atoms with Crippen LogP contribution in [0.4, 0.5) is 10.5 Å². The highest BCUT2D eigenvalue weighted by Crippen LogP contribution is 2.34. The number of anilines is 1. The fourth-order valence-electron chi connectivity index (χ4n) is 3.51. The molecular weight excluding hydrogens is 418 g/mol. The number of hydrogen-bond acceptors (Lipinski definition) is 6. The normalized spacial score (nSPS) is 10.9. The standard InChI is InChI=1S/C25H19N5OS/c1-17-8-7-13-23(27-17)24-21(19-14-15-26-22-12-6-5-11-20(19)22)16-30(28-24)25(31)32-29-18-9-3-2-4-10-18/h2-16,29H,1H3. The lowest BCUT2D eigenvalue weighted by Crippen LogP contribution is -2.08. The molecule has 0 saturated carbocycles. The summed E-state index contributed by atoms with van der Waals surface area (Å²) in [5.74, 6) is 0. The van der Waals surface area contributed by atoms with Crippen LogP contribution in [0.25, 0.3) is 33.4 Å². The van der Waals surface area contributed by atoms with Crippen molar-refractivity contribution in [3.63, 3.8) is 0 Å². The van der Waals surface area contributed by atoms with Gasteiger partial charge in [0, 0.05) is 34.7 Å². The van der Waals surface area contributed by atoms with Crippen molar-refractivity contribution in [3.8, 4) is 22.5 Å². The van der Waals surface area contributed by atoms with Crippen LogP contribution in [0.2, 0.25) is 0 Å². The second-order valence-electron chi connectivity index (χ2n) is 7.21. The molecule has 7 heteroatoms. The Morgan fingerprint density at radius 1 is 0.906 bits per heavy atom. The van der Waals surface area contributed by atoms with Crippen molar-refractivity contribution in [2.45, 2.75) is 6.92 Å². The van der Waals surface area contributed by atoms with Gasteiger partial charge in [-0.1, -0.05) is 42.5 Å². The zero-order valence-corrected chi connectivity index (χ0v) is 18.1. The molecule has 3 aromatic heterocycles. The number of nitrogens with zero attached hydrogens (tertiary/aromatic N) is 4. The molecule has 0 spiro atoms. The van der Waals surface area contributed by atoms with E-state index < -0.39 is 0 Å². The molecule has 6 nitrogen and oxygen atoms in total. The predicted octanol–water partition coefficient (Wildman–Crippen LogP) is 6.20. The van der Waals surface area contributed by atoms with Crippen LogP contribution in [0.15, 0.2) is 91.3 Å². The summed E-state index contributed by atoms with van der Waals surface area (Å²) in [4.78, 5) is 22.1. The molecule has 3 heterocycles. The Morgan fingerprint density at radius 2 is 1.72 bits per heavy atom. The number of para-hydroxylation sites is 2. The van der Waals surface area contributed by atoms with Crippen LogP contribution in [0.3, 0.4) is 0 Å². The van der Waals surface area contributed by atoms with Crippen molar-refractivity contribution in [1.29, 1.82) is 0 Å². The molecule has 0 aliphatic carbocycles. The summed E-state index contributed by atoms with van der Waals surface area (Å²) in [6, 6.07) is 25.2. The number of pyridine rings is 2. The third-order valence-corrected chi connectivity index (χ3v) is 5.70. The lowest BCUT2D eigenvalue weighted by Gasteiger charge is -2.06. The zero-order valence-electron chi connectivity index (χ0n) is 17.3.